The van der Waals surface area contributed by atoms with Crippen molar-refractivity contribution >= 4 is 11.8 Å². The Labute approximate surface area is 133 Å². The second kappa shape index (κ2) is 6.59. The van der Waals surface area contributed by atoms with E-state index in [-0.39, 0.29) is 6.09 Å². The van der Waals surface area contributed by atoms with Crippen LogP contribution in [0.5, 0.6) is 0 Å². The maximum Gasteiger partial charge on any atom is 0.410 e. The van der Waals surface area contributed by atoms with Crippen LogP contribution in [-0.2, 0) is 17.7 Å². The van der Waals surface area contributed by atoms with Crippen molar-refractivity contribution in [2.45, 2.75) is 65.6 Å². The molecule has 122 valence electrons. The highest BCUT2D eigenvalue weighted by Crippen LogP contribution is 2.27. The van der Waals surface area contributed by atoms with Gasteiger partial charge in [0, 0.05) is 24.8 Å². The smallest absolute Gasteiger partial charge is 0.410 e. The third-order valence-corrected chi connectivity index (χ3v) is 3.93. The second-order valence-corrected chi connectivity index (χ2v) is 7.05. The summed E-state index contributed by atoms with van der Waals surface area (Å²) in [6.07, 6.45) is 1.74. The molecule has 1 aromatic carbocycles. The monoisotopic (exact) mass is 304 g/mol. The summed E-state index contributed by atoms with van der Waals surface area (Å²) in [5.74, 6) is 0. The van der Waals surface area contributed by atoms with Crippen LogP contribution in [0.15, 0.2) is 18.2 Å². The van der Waals surface area contributed by atoms with Gasteiger partial charge in [-0.2, -0.15) is 0 Å². The lowest BCUT2D eigenvalue weighted by molar-refractivity contribution is 0.0224. The molecule has 0 radical (unpaired) electrons. The van der Waals surface area contributed by atoms with E-state index in [1.807, 2.05) is 20.8 Å². The van der Waals surface area contributed by atoms with E-state index in [1.165, 1.54) is 16.8 Å². The third-order valence-electron chi connectivity index (χ3n) is 3.93. The Morgan fingerprint density at radius 1 is 1.41 bits per heavy atom. The highest BCUT2D eigenvalue weighted by Gasteiger charge is 2.26. The molecular formula is C18H28N2O2. The van der Waals surface area contributed by atoms with E-state index in [4.69, 9.17) is 4.74 Å². The molecule has 1 heterocycles. The zero-order valence-electron chi connectivity index (χ0n) is 14.4. The Morgan fingerprint density at radius 3 is 2.77 bits per heavy atom. The van der Waals surface area contributed by atoms with E-state index < -0.39 is 5.60 Å². The van der Waals surface area contributed by atoms with Crippen LogP contribution in [0.1, 0.15) is 52.2 Å². The van der Waals surface area contributed by atoms with Crippen LogP contribution >= 0.6 is 0 Å². The predicted molar refractivity (Wildman–Crippen MR) is 90.2 cm³/mol. The van der Waals surface area contributed by atoms with Crippen LogP contribution in [0.2, 0.25) is 0 Å². The number of anilines is 1. The van der Waals surface area contributed by atoms with E-state index in [0.717, 1.165) is 12.8 Å². The van der Waals surface area contributed by atoms with Crippen LogP contribution in [-0.4, -0.2) is 29.2 Å². The van der Waals surface area contributed by atoms with Gasteiger partial charge in [0.25, 0.3) is 0 Å². The summed E-state index contributed by atoms with van der Waals surface area (Å²) in [4.78, 5) is 14.0. The third kappa shape index (κ3) is 4.15. The van der Waals surface area contributed by atoms with Gasteiger partial charge in [-0.1, -0.05) is 19.1 Å². The number of amides is 1. The lowest BCUT2D eigenvalue weighted by Gasteiger charge is -2.32. The summed E-state index contributed by atoms with van der Waals surface area (Å²) >= 11 is 0. The van der Waals surface area contributed by atoms with Gasteiger partial charge in [0.1, 0.15) is 5.60 Å². The molecule has 0 aliphatic carbocycles. The van der Waals surface area contributed by atoms with Gasteiger partial charge in [-0.05, 0) is 57.7 Å². The largest absolute Gasteiger partial charge is 0.444 e. The lowest BCUT2D eigenvalue weighted by atomic mass is 9.97. The quantitative estimate of drug-likeness (QED) is 0.910. The number of rotatable bonds is 3. The minimum Gasteiger partial charge on any atom is -0.444 e. The molecule has 1 aromatic rings. The molecule has 4 nitrogen and oxygen atoms in total. The Kier molecular flexibility index (Phi) is 4.99. The molecule has 0 saturated carbocycles. The van der Waals surface area contributed by atoms with Crippen molar-refractivity contribution in [1.82, 2.24) is 4.90 Å². The van der Waals surface area contributed by atoms with E-state index in [1.54, 1.807) is 4.90 Å². The fourth-order valence-electron chi connectivity index (χ4n) is 2.59. The van der Waals surface area contributed by atoms with Crippen LogP contribution in [0.25, 0.3) is 0 Å². The SMILES string of the molecule is CCC(C)Nc1cccc2c1CCN(C(=O)OC(C)(C)C)C2. The first kappa shape index (κ1) is 16.7. The van der Waals surface area contributed by atoms with Gasteiger partial charge in [0.2, 0.25) is 0 Å². The molecule has 0 saturated heterocycles. The summed E-state index contributed by atoms with van der Waals surface area (Å²) in [6.45, 7) is 11.4. The Hall–Kier alpha value is -1.71. The van der Waals surface area contributed by atoms with Gasteiger partial charge in [-0.25, -0.2) is 4.79 Å². The average molecular weight is 304 g/mol. The zero-order chi connectivity index (χ0) is 16.3. The first-order valence-electron chi connectivity index (χ1n) is 8.15. The first-order chi connectivity index (χ1) is 10.3. The molecule has 0 aromatic heterocycles. The highest BCUT2D eigenvalue weighted by molar-refractivity contribution is 5.69. The molecule has 0 bridgehead atoms. The standard InChI is InChI=1S/C18H28N2O2/c1-6-13(2)19-16-9-7-8-14-12-20(11-10-15(14)16)17(21)22-18(3,4)5/h7-9,13,19H,6,10-12H2,1-5H3. The van der Waals surface area contributed by atoms with Gasteiger partial charge < -0.3 is 15.0 Å². The minimum atomic E-state index is -0.447. The van der Waals surface area contributed by atoms with Crippen LogP contribution in [0.3, 0.4) is 0 Å². The van der Waals surface area contributed by atoms with Crippen LogP contribution in [0, 0.1) is 0 Å². The molecule has 0 fully saturated rings. The fraction of sp³-hybridized carbons (Fsp3) is 0.611. The molecular weight excluding hydrogens is 276 g/mol. The van der Waals surface area contributed by atoms with Gasteiger partial charge >= 0.3 is 6.09 Å². The van der Waals surface area contributed by atoms with Crippen molar-refractivity contribution in [1.29, 1.82) is 0 Å². The Balaban J connectivity index is 2.11. The topological polar surface area (TPSA) is 41.6 Å². The highest BCUT2D eigenvalue weighted by atomic mass is 16.6. The van der Waals surface area contributed by atoms with Gasteiger partial charge in [0.15, 0.2) is 0 Å². The molecule has 1 aliphatic rings. The summed E-state index contributed by atoms with van der Waals surface area (Å²) < 4.78 is 5.48. The predicted octanol–water partition coefficient (Wildman–Crippen LogP) is 4.19. The van der Waals surface area contributed by atoms with E-state index >= 15 is 0 Å². The van der Waals surface area contributed by atoms with Crippen molar-refractivity contribution < 1.29 is 9.53 Å². The number of nitrogens with zero attached hydrogens (tertiary/aromatic N) is 1. The van der Waals surface area contributed by atoms with E-state index in [0.29, 0.717) is 19.1 Å². The fourth-order valence-corrected chi connectivity index (χ4v) is 2.59. The van der Waals surface area contributed by atoms with Crippen molar-refractivity contribution in [2.24, 2.45) is 0 Å². The van der Waals surface area contributed by atoms with Gasteiger partial charge in [-0.15, -0.1) is 0 Å². The van der Waals surface area contributed by atoms with Gasteiger partial charge in [-0.3, -0.25) is 0 Å². The summed E-state index contributed by atoms with van der Waals surface area (Å²) in [5.41, 5.74) is 3.31. The summed E-state index contributed by atoms with van der Waals surface area (Å²) in [6, 6.07) is 6.75. The van der Waals surface area contributed by atoms with Crippen LogP contribution < -0.4 is 5.32 Å². The molecule has 1 amide bonds. The van der Waals surface area contributed by atoms with Crippen molar-refractivity contribution in [3.05, 3.63) is 29.3 Å². The molecule has 4 heteroatoms. The Morgan fingerprint density at radius 2 is 2.14 bits per heavy atom. The minimum absolute atomic E-state index is 0.224. The number of hydrogen-bond acceptors (Lipinski definition) is 3. The second-order valence-electron chi connectivity index (χ2n) is 7.05. The lowest BCUT2D eigenvalue weighted by Crippen LogP contribution is -2.40. The maximum atomic E-state index is 12.2. The Bertz CT molecular complexity index is 534. The van der Waals surface area contributed by atoms with E-state index in [2.05, 4.69) is 37.4 Å². The summed E-state index contributed by atoms with van der Waals surface area (Å²) in [5, 5.41) is 3.57. The maximum absolute atomic E-state index is 12.2. The van der Waals surface area contributed by atoms with E-state index in [9.17, 15) is 4.79 Å². The number of fused-ring (bicyclic) bond motifs is 1. The number of benzene rings is 1. The first-order valence-corrected chi connectivity index (χ1v) is 8.15. The van der Waals surface area contributed by atoms with Crippen molar-refractivity contribution in [3.63, 3.8) is 0 Å². The number of ether oxygens (including phenoxy) is 1. The molecule has 1 N–H and O–H groups in total. The van der Waals surface area contributed by atoms with Crippen molar-refractivity contribution in [3.8, 4) is 0 Å². The normalized spacial score (nSPS) is 16.0. The van der Waals surface area contributed by atoms with Crippen molar-refractivity contribution in [2.75, 3.05) is 11.9 Å². The molecule has 1 atom stereocenters. The average Bonchev–Trinajstić information content (AvgIpc) is 2.45. The van der Waals surface area contributed by atoms with Gasteiger partial charge in [0.05, 0.1) is 0 Å². The number of carbonyl (C=O) groups excluding carboxylic acids is 1. The number of carbonyl (C=O) groups is 1. The van der Waals surface area contributed by atoms with Crippen LogP contribution in [0.4, 0.5) is 10.5 Å². The molecule has 0 spiro atoms. The molecule has 22 heavy (non-hydrogen) atoms. The number of hydrogen-bond donors (Lipinski definition) is 1. The zero-order valence-corrected chi connectivity index (χ0v) is 14.4. The molecule has 2 rings (SSSR count). The summed E-state index contributed by atoms with van der Waals surface area (Å²) in [7, 11) is 0. The molecule has 1 unspecified atom stereocenters. The molecule has 1 aliphatic heterocycles. The number of nitrogens with one attached hydrogen (secondary N) is 1.